The number of allylic oxidation sites excluding steroid dienone is 4. The van der Waals surface area contributed by atoms with Crippen LogP contribution in [0.2, 0.25) is 0 Å². The average Bonchev–Trinajstić information content (AvgIpc) is 3.11. The molecular formula is C30H38N2O5. The van der Waals surface area contributed by atoms with Crippen molar-refractivity contribution >= 4 is 17.6 Å². The molecule has 1 amide bonds. The summed E-state index contributed by atoms with van der Waals surface area (Å²) in [6.07, 6.45) is 12.6. The van der Waals surface area contributed by atoms with Crippen molar-refractivity contribution < 1.29 is 24.6 Å². The van der Waals surface area contributed by atoms with Gasteiger partial charge in [0.2, 0.25) is 0 Å². The highest BCUT2D eigenvalue weighted by Gasteiger charge is 2.61. The number of amides is 1. The summed E-state index contributed by atoms with van der Waals surface area (Å²) in [6, 6.07) is 7.43. The second-order valence-corrected chi connectivity index (χ2v) is 12.0. The maximum Gasteiger partial charge on any atom is 0.330 e. The van der Waals surface area contributed by atoms with E-state index in [0.29, 0.717) is 29.0 Å². The number of carboxylic acid groups (broad SMARTS) is 1. The van der Waals surface area contributed by atoms with Crippen LogP contribution in [0.4, 0.5) is 0 Å². The predicted octanol–water partition coefficient (Wildman–Crippen LogP) is 4.79. The van der Waals surface area contributed by atoms with Crippen LogP contribution in [0.1, 0.15) is 70.9 Å². The first-order valence-corrected chi connectivity index (χ1v) is 13.4. The van der Waals surface area contributed by atoms with Gasteiger partial charge in [-0.2, -0.15) is 0 Å². The van der Waals surface area contributed by atoms with Gasteiger partial charge in [-0.3, -0.25) is 4.79 Å². The predicted molar refractivity (Wildman–Crippen MR) is 141 cm³/mol. The standard InChI is InChI=1S/C30H38N2O5/c1-28-14-11-21(32-37-18-25(33)31-26(27(34)35)19-7-5-4-6-8-19)17-20(28)9-10-22-23(28)12-15-29(2)24(22)13-16-30(29,3)36/h4-8,11,14,17,22-24,26,36H,9-10,12-13,15-16,18H2,1-3H3,(H,31,33)(H,34,35)/b32-21-/t22-,23-,24+,26+,28+,29+,30+/m1/s1. The van der Waals surface area contributed by atoms with E-state index in [9.17, 15) is 19.8 Å². The Morgan fingerprint density at radius 3 is 2.57 bits per heavy atom. The summed E-state index contributed by atoms with van der Waals surface area (Å²) in [4.78, 5) is 29.3. The molecule has 0 heterocycles. The van der Waals surface area contributed by atoms with Gasteiger partial charge in [0.25, 0.3) is 5.91 Å². The fourth-order valence-electron chi connectivity index (χ4n) is 7.81. The van der Waals surface area contributed by atoms with Crippen LogP contribution in [0.15, 0.2) is 59.3 Å². The Labute approximate surface area is 218 Å². The Morgan fingerprint density at radius 2 is 1.84 bits per heavy atom. The molecule has 4 aliphatic rings. The van der Waals surface area contributed by atoms with Crippen molar-refractivity contribution in [1.82, 2.24) is 5.32 Å². The molecule has 198 valence electrons. The largest absolute Gasteiger partial charge is 0.479 e. The molecular weight excluding hydrogens is 468 g/mol. The zero-order valence-corrected chi connectivity index (χ0v) is 21.9. The summed E-state index contributed by atoms with van der Waals surface area (Å²) < 4.78 is 0. The maximum absolute atomic E-state index is 12.4. The number of rotatable bonds is 6. The molecule has 3 fully saturated rings. The molecule has 0 unspecified atom stereocenters. The van der Waals surface area contributed by atoms with Crippen LogP contribution in [0.5, 0.6) is 0 Å². The van der Waals surface area contributed by atoms with E-state index in [-0.39, 0.29) is 17.4 Å². The van der Waals surface area contributed by atoms with Crippen molar-refractivity contribution in [3.8, 4) is 0 Å². The average molecular weight is 507 g/mol. The number of hydrogen-bond acceptors (Lipinski definition) is 5. The number of nitrogens with zero attached hydrogens (tertiary/aromatic N) is 1. The van der Waals surface area contributed by atoms with Crippen LogP contribution in [-0.4, -0.2) is 40.0 Å². The van der Waals surface area contributed by atoms with Gasteiger partial charge in [-0.25, -0.2) is 4.79 Å². The van der Waals surface area contributed by atoms with E-state index in [4.69, 9.17) is 4.84 Å². The van der Waals surface area contributed by atoms with E-state index >= 15 is 0 Å². The topological polar surface area (TPSA) is 108 Å². The van der Waals surface area contributed by atoms with Gasteiger partial charge in [0.1, 0.15) is 5.71 Å². The normalized spacial score (nSPS) is 38.1. The highest BCUT2D eigenvalue weighted by molar-refractivity contribution is 6.05. The number of carbonyl (C=O) groups excluding carboxylic acids is 1. The number of fused-ring (bicyclic) bond motifs is 5. The molecule has 0 bridgehead atoms. The molecule has 3 saturated carbocycles. The van der Waals surface area contributed by atoms with Crippen molar-refractivity contribution in [1.29, 1.82) is 0 Å². The zero-order chi connectivity index (χ0) is 26.4. The highest BCUT2D eigenvalue weighted by Crippen LogP contribution is 2.66. The summed E-state index contributed by atoms with van der Waals surface area (Å²) in [5.74, 6) is 0.0520. The number of carboxylic acids is 1. The summed E-state index contributed by atoms with van der Waals surface area (Å²) in [5, 5.41) is 27.3. The summed E-state index contributed by atoms with van der Waals surface area (Å²) in [7, 11) is 0. The quantitative estimate of drug-likeness (QED) is 0.481. The summed E-state index contributed by atoms with van der Waals surface area (Å²) in [6.45, 7) is 6.32. The lowest BCUT2D eigenvalue weighted by molar-refractivity contribution is -0.142. The minimum absolute atomic E-state index is 0.00527. The number of aliphatic carboxylic acids is 1. The molecule has 3 N–H and O–H groups in total. The molecule has 0 aromatic heterocycles. The molecule has 7 atom stereocenters. The van der Waals surface area contributed by atoms with Crippen LogP contribution in [0.25, 0.3) is 0 Å². The lowest BCUT2D eigenvalue weighted by atomic mass is 9.47. The van der Waals surface area contributed by atoms with Gasteiger partial charge in [-0.05, 0) is 86.3 Å². The third-order valence-corrected chi connectivity index (χ3v) is 10.2. The second-order valence-electron chi connectivity index (χ2n) is 12.0. The Bertz CT molecular complexity index is 1160. The fraction of sp³-hybridized carbons (Fsp3) is 0.567. The lowest BCUT2D eigenvalue weighted by Gasteiger charge is -2.58. The number of hydrogen-bond donors (Lipinski definition) is 3. The molecule has 4 aliphatic carbocycles. The van der Waals surface area contributed by atoms with Crippen LogP contribution in [0.3, 0.4) is 0 Å². The number of aliphatic hydroxyl groups is 1. The van der Waals surface area contributed by atoms with Gasteiger partial charge < -0.3 is 20.4 Å². The fourth-order valence-corrected chi connectivity index (χ4v) is 7.81. The van der Waals surface area contributed by atoms with Gasteiger partial charge in [-0.15, -0.1) is 0 Å². The van der Waals surface area contributed by atoms with Gasteiger partial charge >= 0.3 is 5.97 Å². The summed E-state index contributed by atoms with van der Waals surface area (Å²) in [5.41, 5.74) is 1.92. The molecule has 1 aromatic rings. The van der Waals surface area contributed by atoms with Crippen molar-refractivity contribution in [3.05, 3.63) is 59.7 Å². The first kappa shape index (κ1) is 25.7. The minimum Gasteiger partial charge on any atom is -0.479 e. The van der Waals surface area contributed by atoms with Crippen molar-refractivity contribution in [2.24, 2.45) is 33.7 Å². The van der Waals surface area contributed by atoms with Crippen LogP contribution >= 0.6 is 0 Å². The molecule has 7 heteroatoms. The Kier molecular flexibility index (Phi) is 6.55. The van der Waals surface area contributed by atoms with Crippen LogP contribution < -0.4 is 5.32 Å². The third-order valence-electron chi connectivity index (χ3n) is 10.2. The first-order valence-electron chi connectivity index (χ1n) is 13.4. The smallest absolute Gasteiger partial charge is 0.330 e. The zero-order valence-electron chi connectivity index (χ0n) is 21.9. The molecule has 0 aliphatic heterocycles. The van der Waals surface area contributed by atoms with Crippen LogP contribution in [-0.2, 0) is 14.4 Å². The van der Waals surface area contributed by atoms with Gasteiger partial charge in [0.05, 0.1) is 5.60 Å². The third kappa shape index (κ3) is 4.41. The van der Waals surface area contributed by atoms with E-state index in [2.05, 4.69) is 36.5 Å². The van der Waals surface area contributed by atoms with E-state index in [1.54, 1.807) is 30.3 Å². The Morgan fingerprint density at radius 1 is 1.11 bits per heavy atom. The second kappa shape index (κ2) is 9.43. The summed E-state index contributed by atoms with van der Waals surface area (Å²) >= 11 is 0. The van der Waals surface area contributed by atoms with Crippen molar-refractivity contribution in [3.63, 3.8) is 0 Å². The molecule has 0 saturated heterocycles. The van der Waals surface area contributed by atoms with Crippen molar-refractivity contribution in [2.75, 3.05) is 6.61 Å². The minimum atomic E-state index is -1.14. The molecule has 7 nitrogen and oxygen atoms in total. The van der Waals surface area contributed by atoms with E-state index in [0.717, 1.165) is 38.5 Å². The highest BCUT2D eigenvalue weighted by atomic mass is 16.6. The Hall–Kier alpha value is -2.93. The monoisotopic (exact) mass is 506 g/mol. The van der Waals surface area contributed by atoms with E-state index in [1.807, 2.05) is 13.0 Å². The number of benzene rings is 1. The van der Waals surface area contributed by atoms with E-state index < -0.39 is 23.5 Å². The van der Waals surface area contributed by atoms with E-state index in [1.165, 1.54) is 5.57 Å². The van der Waals surface area contributed by atoms with Crippen molar-refractivity contribution in [2.45, 2.75) is 70.9 Å². The maximum atomic E-state index is 12.4. The first-order chi connectivity index (χ1) is 17.5. The molecule has 0 radical (unpaired) electrons. The SMILES string of the molecule is C[C@]12C=C/C(=N/OCC(=O)N[C@H](C(=O)O)c3ccccc3)C=C1CC[C@@H]1[C@H]2CC[C@@]2(C)[C@H]1CC[C@]2(C)O. The number of oxime groups is 1. The van der Waals surface area contributed by atoms with Gasteiger partial charge in [0.15, 0.2) is 12.6 Å². The molecule has 1 aromatic carbocycles. The number of carbonyl (C=O) groups is 2. The van der Waals surface area contributed by atoms with Gasteiger partial charge in [0, 0.05) is 5.41 Å². The Balaban J connectivity index is 1.22. The molecule has 37 heavy (non-hydrogen) atoms. The van der Waals surface area contributed by atoms with Gasteiger partial charge in [-0.1, -0.05) is 61.0 Å². The number of nitrogens with one attached hydrogen (secondary N) is 1. The van der Waals surface area contributed by atoms with Crippen LogP contribution in [0, 0.1) is 28.6 Å². The lowest BCUT2D eigenvalue weighted by Crippen LogP contribution is -2.53. The molecule has 0 spiro atoms. The molecule has 5 rings (SSSR count).